The molecule has 2 unspecified atom stereocenters. The lowest BCUT2D eigenvalue weighted by atomic mass is 10.0. The summed E-state index contributed by atoms with van der Waals surface area (Å²) in [5.41, 5.74) is -0.660. The van der Waals surface area contributed by atoms with Crippen LogP contribution in [0.25, 0.3) is 0 Å². The number of hydrogen-bond acceptors (Lipinski definition) is 5. The van der Waals surface area contributed by atoms with Gasteiger partial charge in [-0.3, -0.25) is 4.79 Å². The van der Waals surface area contributed by atoms with Crippen molar-refractivity contribution in [2.75, 3.05) is 6.61 Å². The number of nitrogens with one attached hydrogen (secondary N) is 1. The molecule has 1 amide bonds. The molecule has 0 saturated carbocycles. The van der Waals surface area contributed by atoms with Gasteiger partial charge in [-0.25, -0.2) is 9.59 Å². The summed E-state index contributed by atoms with van der Waals surface area (Å²) in [7, 11) is 0. The highest BCUT2D eigenvalue weighted by Gasteiger charge is 2.34. The quantitative estimate of drug-likeness (QED) is 0.740. The maximum atomic E-state index is 11.6. The first-order valence-corrected chi connectivity index (χ1v) is 5.55. The maximum absolute atomic E-state index is 11.6. The van der Waals surface area contributed by atoms with E-state index in [1.165, 1.54) is 0 Å². The van der Waals surface area contributed by atoms with E-state index >= 15 is 0 Å². The van der Waals surface area contributed by atoms with Crippen molar-refractivity contribution in [1.29, 1.82) is 0 Å². The highest BCUT2D eigenvalue weighted by Crippen LogP contribution is 2.12. The van der Waals surface area contributed by atoms with E-state index in [4.69, 9.17) is 14.6 Å². The molecule has 1 saturated heterocycles. The summed E-state index contributed by atoms with van der Waals surface area (Å²) >= 11 is 0. The number of Topliss-reactive ketones (excluding diaryl/α,β-unsaturated/α-hetero) is 1. The Balaban J connectivity index is 2.48. The van der Waals surface area contributed by atoms with Crippen LogP contribution in [0.4, 0.5) is 4.79 Å². The molecule has 0 aromatic rings. The SMILES string of the molecule is CC(C)(C)OC(=O)NC1COC(C(=O)O)CC1=O. The zero-order chi connectivity index (χ0) is 13.9. The van der Waals surface area contributed by atoms with Gasteiger partial charge in [-0.1, -0.05) is 0 Å². The predicted molar refractivity (Wildman–Crippen MR) is 60.2 cm³/mol. The first kappa shape index (κ1) is 14.4. The summed E-state index contributed by atoms with van der Waals surface area (Å²) in [6.07, 6.45) is -2.11. The number of carboxylic acids is 1. The second-order valence-electron chi connectivity index (χ2n) is 5.03. The Hall–Kier alpha value is -1.63. The summed E-state index contributed by atoms with van der Waals surface area (Å²) in [5, 5.41) is 11.0. The molecule has 7 nitrogen and oxygen atoms in total. The van der Waals surface area contributed by atoms with Crippen molar-refractivity contribution in [2.24, 2.45) is 0 Å². The average molecular weight is 259 g/mol. The molecule has 7 heteroatoms. The fourth-order valence-corrected chi connectivity index (χ4v) is 1.42. The summed E-state index contributed by atoms with van der Waals surface area (Å²) < 4.78 is 9.95. The fraction of sp³-hybridized carbons (Fsp3) is 0.727. The third-order valence-electron chi connectivity index (χ3n) is 2.21. The summed E-state index contributed by atoms with van der Waals surface area (Å²) in [5.74, 6) is -1.56. The Labute approximate surface area is 104 Å². The van der Waals surface area contributed by atoms with Crippen molar-refractivity contribution in [1.82, 2.24) is 5.32 Å². The predicted octanol–water partition coefficient (Wildman–Crippen LogP) is 0.322. The molecule has 1 rings (SSSR count). The van der Waals surface area contributed by atoms with Crippen molar-refractivity contribution in [3.05, 3.63) is 0 Å². The Morgan fingerprint density at radius 3 is 2.50 bits per heavy atom. The number of amides is 1. The van der Waals surface area contributed by atoms with Gasteiger partial charge in [0.05, 0.1) is 6.61 Å². The molecule has 0 radical (unpaired) electrons. The van der Waals surface area contributed by atoms with E-state index in [9.17, 15) is 14.4 Å². The standard InChI is InChI=1S/C11H17NO6/c1-11(2,3)18-10(16)12-6-5-17-8(9(14)15)4-7(6)13/h6,8H,4-5H2,1-3H3,(H,12,16)(H,14,15). The first-order valence-electron chi connectivity index (χ1n) is 5.55. The molecule has 2 N–H and O–H groups in total. The zero-order valence-corrected chi connectivity index (χ0v) is 10.6. The van der Waals surface area contributed by atoms with Gasteiger partial charge in [0, 0.05) is 6.42 Å². The molecule has 1 aliphatic heterocycles. The van der Waals surface area contributed by atoms with Gasteiger partial charge in [0.15, 0.2) is 11.9 Å². The van der Waals surface area contributed by atoms with Crippen molar-refractivity contribution in [3.63, 3.8) is 0 Å². The molecule has 0 bridgehead atoms. The number of alkyl carbamates (subject to hydrolysis) is 1. The largest absolute Gasteiger partial charge is 0.479 e. The van der Waals surface area contributed by atoms with E-state index in [0.29, 0.717) is 0 Å². The van der Waals surface area contributed by atoms with Gasteiger partial charge in [-0.2, -0.15) is 0 Å². The molecule has 18 heavy (non-hydrogen) atoms. The van der Waals surface area contributed by atoms with Gasteiger partial charge < -0.3 is 19.9 Å². The first-order chi connectivity index (χ1) is 8.19. The summed E-state index contributed by atoms with van der Waals surface area (Å²) in [4.78, 5) is 33.7. The van der Waals surface area contributed by atoms with E-state index in [0.717, 1.165) is 0 Å². The van der Waals surface area contributed by atoms with Crippen LogP contribution in [0.5, 0.6) is 0 Å². The van der Waals surface area contributed by atoms with Crippen LogP contribution in [0.2, 0.25) is 0 Å². The minimum absolute atomic E-state index is 0.158. The average Bonchev–Trinajstić information content (AvgIpc) is 2.17. The highest BCUT2D eigenvalue weighted by molar-refractivity contribution is 5.92. The van der Waals surface area contributed by atoms with Crippen LogP contribution in [0, 0.1) is 0 Å². The minimum Gasteiger partial charge on any atom is -0.479 e. The molecule has 0 aromatic heterocycles. The van der Waals surface area contributed by atoms with Gasteiger partial charge in [0.1, 0.15) is 11.6 Å². The monoisotopic (exact) mass is 259 g/mol. The van der Waals surface area contributed by atoms with E-state index < -0.39 is 29.8 Å². The number of rotatable bonds is 2. The smallest absolute Gasteiger partial charge is 0.408 e. The topological polar surface area (TPSA) is 102 Å². The second kappa shape index (κ2) is 5.34. The Morgan fingerprint density at radius 2 is 2.06 bits per heavy atom. The van der Waals surface area contributed by atoms with Crippen LogP contribution in [-0.2, 0) is 19.1 Å². The molecular weight excluding hydrogens is 242 g/mol. The molecular formula is C11H17NO6. The second-order valence-corrected chi connectivity index (χ2v) is 5.03. The Bertz CT molecular complexity index is 359. The van der Waals surface area contributed by atoms with E-state index in [-0.39, 0.29) is 18.8 Å². The van der Waals surface area contributed by atoms with Crippen LogP contribution in [0.3, 0.4) is 0 Å². The van der Waals surface area contributed by atoms with Gasteiger partial charge in [-0.05, 0) is 20.8 Å². The number of carbonyl (C=O) groups excluding carboxylic acids is 2. The third kappa shape index (κ3) is 4.33. The van der Waals surface area contributed by atoms with Crippen molar-refractivity contribution in [3.8, 4) is 0 Å². The van der Waals surface area contributed by atoms with E-state index in [1.807, 2.05) is 0 Å². The van der Waals surface area contributed by atoms with Crippen molar-refractivity contribution >= 4 is 17.8 Å². The number of hydrogen-bond donors (Lipinski definition) is 2. The molecule has 102 valence electrons. The maximum Gasteiger partial charge on any atom is 0.408 e. The normalized spacial score (nSPS) is 24.5. The third-order valence-corrected chi connectivity index (χ3v) is 2.21. The molecule has 0 aliphatic carbocycles. The Morgan fingerprint density at radius 1 is 1.44 bits per heavy atom. The molecule has 0 aromatic carbocycles. The van der Waals surface area contributed by atoms with Gasteiger partial charge in [0.25, 0.3) is 0 Å². The van der Waals surface area contributed by atoms with E-state index in [2.05, 4.69) is 5.32 Å². The van der Waals surface area contributed by atoms with Gasteiger partial charge in [0.2, 0.25) is 0 Å². The van der Waals surface area contributed by atoms with Crippen LogP contribution in [0.1, 0.15) is 27.2 Å². The lowest BCUT2D eigenvalue weighted by molar-refractivity contribution is -0.158. The van der Waals surface area contributed by atoms with Crippen LogP contribution >= 0.6 is 0 Å². The number of carbonyl (C=O) groups is 3. The van der Waals surface area contributed by atoms with Gasteiger partial charge >= 0.3 is 12.1 Å². The van der Waals surface area contributed by atoms with Crippen LogP contribution in [0.15, 0.2) is 0 Å². The lowest BCUT2D eigenvalue weighted by Crippen LogP contribution is -2.51. The number of carboxylic acid groups (broad SMARTS) is 1. The lowest BCUT2D eigenvalue weighted by Gasteiger charge is -2.27. The summed E-state index contributed by atoms with van der Waals surface area (Å²) in [6, 6.07) is -0.851. The minimum atomic E-state index is -1.18. The van der Waals surface area contributed by atoms with Crippen molar-refractivity contribution in [2.45, 2.75) is 44.9 Å². The van der Waals surface area contributed by atoms with Crippen LogP contribution in [-0.4, -0.2) is 47.3 Å². The number of ketones is 1. The van der Waals surface area contributed by atoms with E-state index in [1.54, 1.807) is 20.8 Å². The molecule has 0 spiro atoms. The zero-order valence-electron chi connectivity index (χ0n) is 10.6. The molecule has 1 aliphatic rings. The number of ether oxygens (including phenoxy) is 2. The highest BCUT2D eigenvalue weighted by atomic mass is 16.6. The Kier molecular flexibility index (Phi) is 4.28. The molecule has 2 atom stereocenters. The fourth-order valence-electron chi connectivity index (χ4n) is 1.42. The molecule has 1 heterocycles. The van der Waals surface area contributed by atoms with Gasteiger partial charge in [-0.15, -0.1) is 0 Å². The van der Waals surface area contributed by atoms with Crippen molar-refractivity contribution < 1.29 is 29.0 Å². The molecule has 1 fully saturated rings. The number of aliphatic carboxylic acids is 1. The summed E-state index contributed by atoms with van der Waals surface area (Å²) in [6.45, 7) is 4.94. The van der Waals surface area contributed by atoms with Crippen LogP contribution < -0.4 is 5.32 Å².